The van der Waals surface area contributed by atoms with Gasteiger partial charge in [0, 0.05) is 18.7 Å². The van der Waals surface area contributed by atoms with Crippen LogP contribution in [-0.4, -0.2) is 40.3 Å². The molecule has 1 N–H and O–H groups in total. The summed E-state index contributed by atoms with van der Waals surface area (Å²) < 4.78 is 7.02. The highest BCUT2D eigenvalue weighted by Gasteiger charge is 2.30. The normalized spacial score (nSPS) is 13.5. The molecule has 6 heteroatoms. The molecule has 4 rings (SSSR count). The monoisotopic (exact) mass is 404 g/mol. The molecular weight excluding hydrogens is 376 g/mol. The van der Waals surface area contributed by atoms with E-state index in [1.54, 1.807) is 11.8 Å². The lowest BCUT2D eigenvalue weighted by atomic mass is 10.2. The van der Waals surface area contributed by atoms with Gasteiger partial charge < -0.3 is 10.1 Å². The Morgan fingerprint density at radius 1 is 1.13 bits per heavy atom. The van der Waals surface area contributed by atoms with Gasteiger partial charge in [-0.25, -0.2) is 4.68 Å². The van der Waals surface area contributed by atoms with Crippen molar-refractivity contribution in [2.75, 3.05) is 19.0 Å². The zero-order valence-corrected chi connectivity index (χ0v) is 17.8. The number of hydrogen-bond acceptors (Lipinski definition) is 4. The number of benzene rings is 2. The maximum atomic E-state index is 12.9. The minimum absolute atomic E-state index is 0.0244. The molecule has 2 aromatic carbocycles. The van der Waals surface area contributed by atoms with E-state index in [0.717, 1.165) is 36.5 Å². The second-order valence-electron chi connectivity index (χ2n) is 7.95. The van der Waals surface area contributed by atoms with Crippen molar-refractivity contribution < 1.29 is 9.53 Å². The third-order valence-electron chi connectivity index (χ3n) is 5.33. The minimum atomic E-state index is -0.0244. The standard InChI is InChI=1S/C24H28N4O2/c1-17-4-8-21(9-5-17)28-23(14-18(2)26-28)25-24(29)16-27(20-10-11-20)15-19-6-12-22(30-3)13-7-19/h4-9,12-14,20H,10-11,15-16H2,1-3H3,(H,25,29). The van der Waals surface area contributed by atoms with Gasteiger partial charge in [0.05, 0.1) is 25.0 Å². The first-order valence-corrected chi connectivity index (χ1v) is 10.3. The molecule has 0 unspecified atom stereocenters. The maximum absolute atomic E-state index is 12.9. The number of hydrogen-bond donors (Lipinski definition) is 1. The van der Waals surface area contributed by atoms with Gasteiger partial charge >= 0.3 is 0 Å². The molecule has 1 fully saturated rings. The zero-order chi connectivity index (χ0) is 21.1. The molecule has 0 radical (unpaired) electrons. The van der Waals surface area contributed by atoms with Gasteiger partial charge in [0.2, 0.25) is 5.91 Å². The fraction of sp³-hybridized carbons (Fsp3) is 0.333. The number of nitrogens with zero attached hydrogens (tertiary/aromatic N) is 3. The number of carbonyl (C=O) groups excluding carboxylic acids is 1. The highest BCUT2D eigenvalue weighted by atomic mass is 16.5. The molecule has 1 amide bonds. The molecule has 3 aromatic rings. The first kappa shape index (κ1) is 20.2. The van der Waals surface area contributed by atoms with Crippen molar-refractivity contribution in [3.8, 4) is 11.4 Å². The van der Waals surface area contributed by atoms with Crippen molar-refractivity contribution >= 4 is 11.7 Å². The number of aryl methyl sites for hydroxylation is 2. The van der Waals surface area contributed by atoms with Crippen LogP contribution < -0.4 is 10.1 Å². The Kier molecular flexibility index (Phi) is 5.86. The van der Waals surface area contributed by atoms with Crippen LogP contribution in [0.25, 0.3) is 5.69 Å². The fourth-order valence-corrected chi connectivity index (χ4v) is 3.56. The van der Waals surface area contributed by atoms with Gasteiger partial charge in [0.15, 0.2) is 0 Å². The van der Waals surface area contributed by atoms with Crippen LogP contribution in [0.3, 0.4) is 0 Å². The van der Waals surface area contributed by atoms with E-state index in [0.29, 0.717) is 18.4 Å². The zero-order valence-electron chi connectivity index (χ0n) is 17.8. The summed E-state index contributed by atoms with van der Waals surface area (Å²) in [4.78, 5) is 15.1. The van der Waals surface area contributed by atoms with Gasteiger partial charge in [-0.15, -0.1) is 0 Å². The average Bonchev–Trinajstić information content (AvgIpc) is 3.52. The van der Waals surface area contributed by atoms with E-state index in [2.05, 4.69) is 34.4 Å². The first-order chi connectivity index (χ1) is 14.5. The number of nitrogens with one attached hydrogen (secondary N) is 1. The Hall–Kier alpha value is -3.12. The van der Waals surface area contributed by atoms with Crippen LogP contribution in [0.5, 0.6) is 5.75 Å². The third kappa shape index (κ3) is 4.89. The van der Waals surface area contributed by atoms with E-state index < -0.39 is 0 Å². The smallest absolute Gasteiger partial charge is 0.239 e. The summed E-state index contributed by atoms with van der Waals surface area (Å²) in [5.41, 5.74) is 4.16. The van der Waals surface area contributed by atoms with E-state index in [-0.39, 0.29) is 5.91 Å². The van der Waals surface area contributed by atoms with Crippen molar-refractivity contribution in [2.24, 2.45) is 0 Å². The van der Waals surface area contributed by atoms with Crippen molar-refractivity contribution in [2.45, 2.75) is 39.3 Å². The van der Waals surface area contributed by atoms with Crippen LogP contribution >= 0.6 is 0 Å². The molecule has 0 spiro atoms. The van der Waals surface area contributed by atoms with Gasteiger partial charge in [-0.1, -0.05) is 29.8 Å². The Morgan fingerprint density at radius 3 is 2.47 bits per heavy atom. The van der Waals surface area contributed by atoms with Gasteiger partial charge in [-0.05, 0) is 56.5 Å². The molecule has 1 heterocycles. The summed E-state index contributed by atoms with van der Waals surface area (Å²) in [6.07, 6.45) is 2.29. The SMILES string of the molecule is COc1ccc(CN(CC(=O)Nc2cc(C)nn2-c2ccc(C)cc2)C2CC2)cc1. The number of carbonyl (C=O) groups is 1. The molecule has 0 aliphatic heterocycles. The van der Waals surface area contributed by atoms with Crippen molar-refractivity contribution in [1.82, 2.24) is 14.7 Å². The molecule has 6 nitrogen and oxygen atoms in total. The highest BCUT2D eigenvalue weighted by Crippen LogP contribution is 2.28. The molecular formula is C24H28N4O2. The van der Waals surface area contributed by atoms with E-state index in [1.807, 2.05) is 49.4 Å². The van der Waals surface area contributed by atoms with Crippen LogP contribution in [-0.2, 0) is 11.3 Å². The third-order valence-corrected chi connectivity index (χ3v) is 5.33. The van der Waals surface area contributed by atoms with Crippen LogP contribution in [0.2, 0.25) is 0 Å². The Labute approximate surface area is 177 Å². The topological polar surface area (TPSA) is 59.4 Å². The lowest BCUT2D eigenvalue weighted by molar-refractivity contribution is -0.117. The van der Waals surface area contributed by atoms with E-state index in [9.17, 15) is 4.79 Å². The number of rotatable bonds is 8. The summed E-state index contributed by atoms with van der Waals surface area (Å²) in [6, 6.07) is 18.5. The second kappa shape index (κ2) is 8.71. The quantitative estimate of drug-likeness (QED) is 0.614. The number of aromatic nitrogens is 2. The van der Waals surface area contributed by atoms with E-state index in [4.69, 9.17) is 4.74 Å². The molecule has 0 atom stereocenters. The maximum Gasteiger partial charge on any atom is 0.239 e. The molecule has 1 aromatic heterocycles. The number of anilines is 1. The lowest BCUT2D eigenvalue weighted by Gasteiger charge is -2.21. The van der Waals surface area contributed by atoms with Crippen LogP contribution in [0.1, 0.15) is 29.7 Å². The Bertz CT molecular complexity index is 1000. The molecule has 156 valence electrons. The van der Waals surface area contributed by atoms with Crippen molar-refractivity contribution in [3.05, 3.63) is 71.4 Å². The number of methoxy groups -OCH3 is 1. The Morgan fingerprint density at radius 2 is 1.83 bits per heavy atom. The van der Waals surface area contributed by atoms with E-state index in [1.165, 1.54) is 11.1 Å². The number of ether oxygens (including phenoxy) is 1. The van der Waals surface area contributed by atoms with Gasteiger partial charge in [0.25, 0.3) is 0 Å². The van der Waals surface area contributed by atoms with Crippen LogP contribution in [0.4, 0.5) is 5.82 Å². The number of amides is 1. The van der Waals surface area contributed by atoms with Crippen LogP contribution in [0.15, 0.2) is 54.6 Å². The summed E-state index contributed by atoms with van der Waals surface area (Å²) in [6.45, 7) is 5.09. The second-order valence-corrected chi connectivity index (χ2v) is 7.95. The van der Waals surface area contributed by atoms with Gasteiger partial charge in [-0.3, -0.25) is 9.69 Å². The molecule has 0 saturated heterocycles. The summed E-state index contributed by atoms with van der Waals surface area (Å²) in [5.74, 6) is 1.51. The predicted octanol–water partition coefficient (Wildman–Crippen LogP) is 4.10. The Balaban J connectivity index is 1.44. The average molecular weight is 405 g/mol. The molecule has 1 saturated carbocycles. The lowest BCUT2D eigenvalue weighted by Crippen LogP contribution is -2.34. The predicted molar refractivity (Wildman–Crippen MR) is 118 cm³/mol. The minimum Gasteiger partial charge on any atom is -0.497 e. The fourth-order valence-electron chi connectivity index (χ4n) is 3.56. The summed E-state index contributed by atoms with van der Waals surface area (Å²) in [7, 11) is 1.67. The van der Waals surface area contributed by atoms with Gasteiger partial charge in [0.1, 0.15) is 11.6 Å². The van der Waals surface area contributed by atoms with Crippen LogP contribution in [0, 0.1) is 13.8 Å². The summed E-state index contributed by atoms with van der Waals surface area (Å²) >= 11 is 0. The van der Waals surface area contributed by atoms with Crippen molar-refractivity contribution in [3.63, 3.8) is 0 Å². The summed E-state index contributed by atoms with van der Waals surface area (Å²) in [5, 5.41) is 7.61. The highest BCUT2D eigenvalue weighted by molar-refractivity contribution is 5.91. The van der Waals surface area contributed by atoms with Gasteiger partial charge in [-0.2, -0.15) is 5.10 Å². The van der Waals surface area contributed by atoms with E-state index >= 15 is 0 Å². The largest absolute Gasteiger partial charge is 0.497 e. The van der Waals surface area contributed by atoms with Crippen molar-refractivity contribution in [1.29, 1.82) is 0 Å². The molecule has 1 aliphatic rings. The first-order valence-electron chi connectivity index (χ1n) is 10.3. The molecule has 1 aliphatic carbocycles. The molecule has 30 heavy (non-hydrogen) atoms. The molecule has 0 bridgehead atoms.